The number of rotatable bonds is 2. The highest BCUT2D eigenvalue weighted by atomic mass is 14.9. The van der Waals surface area contributed by atoms with Gasteiger partial charge in [0.15, 0.2) is 0 Å². The molecule has 0 heterocycles. The highest BCUT2D eigenvalue weighted by Gasteiger charge is 2.22. The van der Waals surface area contributed by atoms with Crippen molar-refractivity contribution in [1.82, 2.24) is 5.32 Å². The lowest BCUT2D eigenvalue weighted by atomic mass is 9.80. The molecule has 2 unspecified atom stereocenters. The summed E-state index contributed by atoms with van der Waals surface area (Å²) in [6.45, 7) is 5.11. The minimum atomic E-state index is 0.504. The van der Waals surface area contributed by atoms with E-state index in [1.54, 1.807) is 0 Å². The van der Waals surface area contributed by atoms with Crippen molar-refractivity contribution in [1.29, 1.82) is 5.26 Å². The van der Waals surface area contributed by atoms with Crippen LogP contribution in [-0.4, -0.2) is 12.6 Å². The lowest BCUT2D eigenvalue weighted by molar-refractivity contribution is 0.244. The molecule has 0 aromatic rings. The van der Waals surface area contributed by atoms with Crippen LogP contribution in [0.3, 0.4) is 0 Å². The molecule has 1 aliphatic rings. The van der Waals surface area contributed by atoms with Crippen molar-refractivity contribution >= 4 is 0 Å². The molecule has 1 saturated carbocycles. The summed E-state index contributed by atoms with van der Waals surface area (Å²) in [5, 5.41) is 11.7. The van der Waals surface area contributed by atoms with E-state index in [4.69, 9.17) is 5.26 Å². The van der Waals surface area contributed by atoms with Crippen LogP contribution in [0.25, 0.3) is 0 Å². The molecule has 2 heteroatoms. The topological polar surface area (TPSA) is 35.8 Å². The average Bonchev–Trinajstić information content (AvgIpc) is 1.99. The second-order valence-electron chi connectivity index (χ2n) is 4.15. The van der Waals surface area contributed by atoms with Gasteiger partial charge in [-0.1, -0.05) is 13.8 Å². The largest absolute Gasteiger partial charge is 0.302 e. The summed E-state index contributed by atoms with van der Waals surface area (Å²) >= 11 is 0. The minimum Gasteiger partial charge on any atom is -0.302 e. The van der Waals surface area contributed by atoms with Gasteiger partial charge in [0.25, 0.3) is 0 Å². The molecule has 12 heavy (non-hydrogen) atoms. The smallest absolute Gasteiger partial charge is 0.0843 e. The fourth-order valence-corrected chi connectivity index (χ4v) is 2.30. The summed E-state index contributed by atoms with van der Waals surface area (Å²) in [7, 11) is 0. The summed E-state index contributed by atoms with van der Waals surface area (Å²) in [6, 6.07) is 2.72. The van der Waals surface area contributed by atoms with Crippen LogP contribution < -0.4 is 5.32 Å². The molecule has 1 rings (SSSR count). The zero-order valence-electron chi connectivity index (χ0n) is 8.01. The van der Waals surface area contributed by atoms with Crippen molar-refractivity contribution in [2.75, 3.05) is 6.54 Å². The second kappa shape index (κ2) is 4.47. The van der Waals surface area contributed by atoms with Crippen LogP contribution in [0.5, 0.6) is 0 Å². The first-order chi connectivity index (χ1) is 5.72. The monoisotopic (exact) mass is 166 g/mol. The standard InChI is InChI=1S/C10H18N2/c1-8-5-9(2)7-10(6-8)12-4-3-11/h8-10,12H,4-7H2,1-2H3. The van der Waals surface area contributed by atoms with Crippen LogP contribution in [0, 0.1) is 23.2 Å². The average molecular weight is 166 g/mol. The molecule has 0 saturated heterocycles. The van der Waals surface area contributed by atoms with E-state index in [2.05, 4.69) is 25.2 Å². The van der Waals surface area contributed by atoms with E-state index in [1.165, 1.54) is 19.3 Å². The van der Waals surface area contributed by atoms with Gasteiger partial charge >= 0.3 is 0 Å². The molecule has 68 valence electrons. The second-order valence-corrected chi connectivity index (χ2v) is 4.15. The minimum absolute atomic E-state index is 0.504. The number of nitrogens with zero attached hydrogens (tertiary/aromatic N) is 1. The highest BCUT2D eigenvalue weighted by molar-refractivity contribution is 4.83. The molecule has 0 aromatic carbocycles. The first kappa shape index (κ1) is 9.54. The van der Waals surface area contributed by atoms with E-state index in [1.807, 2.05) is 0 Å². The van der Waals surface area contributed by atoms with Gasteiger partial charge in [0, 0.05) is 6.04 Å². The Labute approximate surface area is 75.0 Å². The number of hydrogen-bond donors (Lipinski definition) is 1. The van der Waals surface area contributed by atoms with Crippen molar-refractivity contribution in [3.8, 4) is 6.07 Å². The van der Waals surface area contributed by atoms with E-state index in [9.17, 15) is 0 Å². The van der Waals surface area contributed by atoms with Crippen LogP contribution in [0.2, 0.25) is 0 Å². The van der Waals surface area contributed by atoms with Crippen LogP contribution in [0.15, 0.2) is 0 Å². The summed E-state index contributed by atoms with van der Waals surface area (Å²) in [6.07, 6.45) is 3.84. The molecule has 1 N–H and O–H groups in total. The van der Waals surface area contributed by atoms with Crippen molar-refractivity contribution in [3.63, 3.8) is 0 Å². The van der Waals surface area contributed by atoms with Crippen LogP contribution >= 0.6 is 0 Å². The van der Waals surface area contributed by atoms with Crippen LogP contribution in [0.4, 0.5) is 0 Å². The first-order valence-electron chi connectivity index (χ1n) is 4.82. The van der Waals surface area contributed by atoms with E-state index >= 15 is 0 Å². The lowest BCUT2D eigenvalue weighted by Crippen LogP contribution is -2.36. The Morgan fingerprint density at radius 3 is 2.33 bits per heavy atom. The SMILES string of the molecule is CC1CC(C)CC(NCC#N)C1. The maximum atomic E-state index is 8.42. The van der Waals surface area contributed by atoms with Gasteiger partial charge in [0.1, 0.15) is 0 Å². The van der Waals surface area contributed by atoms with Gasteiger partial charge < -0.3 is 5.32 Å². The Kier molecular flexibility index (Phi) is 3.55. The predicted molar refractivity (Wildman–Crippen MR) is 49.6 cm³/mol. The summed E-state index contributed by atoms with van der Waals surface area (Å²) < 4.78 is 0. The van der Waals surface area contributed by atoms with Gasteiger partial charge in [-0.2, -0.15) is 5.26 Å². The van der Waals surface area contributed by atoms with Crippen LogP contribution in [0.1, 0.15) is 33.1 Å². The van der Waals surface area contributed by atoms with E-state index in [0.717, 1.165) is 11.8 Å². The molecule has 0 aliphatic heterocycles. The summed E-state index contributed by atoms with van der Waals surface area (Å²) in [5.41, 5.74) is 0. The fourth-order valence-electron chi connectivity index (χ4n) is 2.30. The van der Waals surface area contributed by atoms with E-state index in [0.29, 0.717) is 12.6 Å². The number of hydrogen-bond acceptors (Lipinski definition) is 2. The summed E-state index contributed by atoms with van der Waals surface area (Å²) in [4.78, 5) is 0. The molecular formula is C10H18N2. The zero-order chi connectivity index (χ0) is 8.97. The molecule has 1 aliphatic carbocycles. The Morgan fingerprint density at radius 2 is 1.83 bits per heavy atom. The summed E-state index contributed by atoms with van der Waals surface area (Å²) in [5.74, 6) is 1.65. The maximum Gasteiger partial charge on any atom is 0.0843 e. The zero-order valence-corrected chi connectivity index (χ0v) is 8.01. The third-order valence-electron chi connectivity index (χ3n) is 2.65. The molecular weight excluding hydrogens is 148 g/mol. The van der Waals surface area contributed by atoms with Crippen molar-refractivity contribution in [2.45, 2.75) is 39.2 Å². The van der Waals surface area contributed by atoms with Gasteiger partial charge in [0.2, 0.25) is 0 Å². The molecule has 0 amide bonds. The Morgan fingerprint density at radius 1 is 1.25 bits per heavy atom. The molecule has 0 aromatic heterocycles. The Balaban J connectivity index is 2.30. The van der Waals surface area contributed by atoms with Gasteiger partial charge in [-0.05, 0) is 31.1 Å². The van der Waals surface area contributed by atoms with E-state index in [-0.39, 0.29) is 0 Å². The molecule has 1 fully saturated rings. The third kappa shape index (κ3) is 2.83. The number of nitriles is 1. The number of nitrogens with one attached hydrogen (secondary N) is 1. The Bertz CT molecular complexity index is 161. The van der Waals surface area contributed by atoms with Gasteiger partial charge in [-0.15, -0.1) is 0 Å². The predicted octanol–water partition coefficient (Wildman–Crippen LogP) is 1.92. The molecule has 2 atom stereocenters. The van der Waals surface area contributed by atoms with Gasteiger partial charge in [-0.25, -0.2) is 0 Å². The molecule has 0 spiro atoms. The maximum absolute atomic E-state index is 8.42. The highest BCUT2D eigenvalue weighted by Crippen LogP contribution is 2.28. The van der Waals surface area contributed by atoms with Crippen molar-refractivity contribution in [3.05, 3.63) is 0 Å². The first-order valence-corrected chi connectivity index (χ1v) is 4.82. The van der Waals surface area contributed by atoms with Gasteiger partial charge in [0.05, 0.1) is 12.6 Å². The van der Waals surface area contributed by atoms with Crippen molar-refractivity contribution < 1.29 is 0 Å². The lowest BCUT2D eigenvalue weighted by Gasteiger charge is -2.31. The molecule has 2 nitrogen and oxygen atoms in total. The normalized spacial score (nSPS) is 35.9. The molecule has 0 bridgehead atoms. The van der Waals surface area contributed by atoms with Gasteiger partial charge in [-0.3, -0.25) is 0 Å². The van der Waals surface area contributed by atoms with Crippen molar-refractivity contribution in [2.24, 2.45) is 11.8 Å². The van der Waals surface area contributed by atoms with E-state index < -0.39 is 0 Å². The fraction of sp³-hybridized carbons (Fsp3) is 0.900. The Hall–Kier alpha value is -0.550. The third-order valence-corrected chi connectivity index (χ3v) is 2.65. The molecule has 0 radical (unpaired) electrons. The quantitative estimate of drug-likeness (QED) is 0.636. The van der Waals surface area contributed by atoms with Crippen LogP contribution in [-0.2, 0) is 0 Å².